The van der Waals surface area contributed by atoms with Gasteiger partial charge in [0.25, 0.3) is 0 Å². The summed E-state index contributed by atoms with van der Waals surface area (Å²) in [6.07, 6.45) is 1.81. The Kier molecular flexibility index (Phi) is 3.36. The first-order valence-corrected chi connectivity index (χ1v) is 7.26. The van der Waals surface area contributed by atoms with Crippen LogP contribution < -0.4 is 5.32 Å². The Morgan fingerprint density at radius 3 is 3.00 bits per heavy atom. The van der Waals surface area contributed by atoms with Crippen molar-refractivity contribution >= 4 is 21.4 Å². The topological polar surface area (TPSA) is 38.1 Å². The van der Waals surface area contributed by atoms with Crippen LogP contribution in [0, 0.1) is 0 Å². The van der Waals surface area contributed by atoms with Gasteiger partial charge in [-0.15, -0.1) is 11.3 Å². The molecule has 2 aromatic heterocycles. The molecular formula is C15H16N2OS. The summed E-state index contributed by atoms with van der Waals surface area (Å²) in [7, 11) is 0. The third-order valence-electron chi connectivity index (χ3n) is 2.96. The summed E-state index contributed by atoms with van der Waals surface area (Å²) in [6, 6.07) is 8.78. The van der Waals surface area contributed by atoms with Crippen molar-refractivity contribution in [2.24, 2.45) is 0 Å². The van der Waals surface area contributed by atoms with Crippen LogP contribution in [0.5, 0.6) is 0 Å². The van der Waals surface area contributed by atoms with Gasteiger partial charge in [0, 0.05) is 27.1 Å². The first-order chi connectivity index (χ1) is 9.24. The molecule has 98 valence electrons. The number of thiophene rings is 1. The van der Waals surface area contributed by atoms with Gasteiger partial charge in [-0.05, 0) is 6.07 Å². The molecule has 19 heavy (non-hydrogen) atoms. The molecule has 0 radical (unpaired) electrons. The maximum Gasteiger partial charge on any atom is 0.208 e. The van der Waals surface area contributed by atoms with Crippen LogP contribution >= 0.6 is 11.3 Å². The molecule has 0 saturated carbocycles. The minimum Gasteiger partial charge on any atom is -0.439 e. The van der Waals surface area contributed by atoms with Gasteiger partial charge in [-0.1, -0.05) is 32.0 Å². The Morgan fingerprint density at radius 2 is 2.16 bits per heavy atom. The summed E-state index contributed by atoms with van der Waals surface area (Å²) in [4.78, 5) is 4.33. The fraction of sp³-hybridized carbons (Fsp3) is 0.267. The van der Waals surface area contributed by atoms with E-state index in [9.17, 15) is 0 Å². The van der Waals surface area contributed by atoms with E-state index in [1.165, 1.54) is 10.1 Å². The highest BCUT2D eigenvalue weighted by atomic mass is 32.1. The molecule has 3 nitrogen and oxygen atoms in total. The van der Waals surface area contributed by atoms with Crippen molar-refractivity contribution in [1.29, 1.82) is 0 Å². The van der Waals surface area contributed by atoms with E-state index in [1.807, 2.05) is 6.20 Å². The minimum absolute atomic E-state index is 0.428. The number of oxazole rings is 1. The van der Waals surface area contributed by atoms with Gasteiger partial charge in [0.2, 0.25) is 5.89 Å². The van der Waals surface area contributed by atoms with Crippen LogP contribution in [0.25, 0.3) is 21.4 Å². The van der Waals surface area contributed by atoms with Crippen LogP contribution in [0.15, 0.2) is 40.3 Å². The predicted octanol–water partition coefficient (Wildman–Crippen LogP) is 4.05. The number of benzene rings is 1. The second-order valence-electron chi connectivity index (χ2n) is 4.80. The molecule has 0 spiro atoms. The number of rotatable bonds is 4. The van der Waals surface area contributed by atoms with E-state index in [1.54, 1.807) is 11.3 Å². The first-order valence-electron chi connectivity index (χ1n) is 6.39. The molecule has 0 aliphatic carbocycles. The second kappa shape index (κ2) is 5.15. The molecule has 0 saturated heterocycles. The number of hydrogen-bond acceptors (Lipinski definition) is 4. The Hall–Kier alpha value is -1.65. The molecule has 0 atom stereocenters. The lowest BCUT2D eigenvalue weighted by molar-refractivity contribution is 0.459. The summed E-state index contributed by atoms with van der Waals surface area (Å²) in [5, 5.41) is 6.66. The smallest absolute Gasteiger partial charge is 0.208 e. The third-order valence-corrected chi connectivity index (χ3v) is 3.93. The summed E-state index contributed by atoms with van der Waals surface area (Å²) < 4.78 is 7.09. The van der Waals surface area contributed by atoms with Gasteiger partial charge in [0.1, 0.15) is 0 Å². The molecule has 0 unspecified atom stereocenters. The molecular weight excluding hydrogens is 256 g/mol. The molecule has 4 heteroatoms. The van der Waals surface area contributed by atoms with E-state index in [4.69, 9.17) is 4.42 Å². The van der Waals surface area contributed by atoms with Gasteiger partial charge in [-0.25, -0.2) is 4.98 Å². The first kappa shape index (κ1) is 12.4. The zero-order valence-electron chi connectivity index (χ0n) is 11.0. The van der Waals surface area contributed by atoms with Crippen LogP contribution in [0.4, 0.5) is 0 Å². The molecule has 2 heterocycles. The van der Waals surface area contributed by atoms with E-state index in [-0.39, 0.29) is 0 Å². The second-order valence-corrected chi connectivity index (χ2v) is 5.71. The minimum atomic E-state index is 0.428. The van der Waals surface area contributed by atoms with E-state index in [2.05, 4.69) is 53.8 Å². The molecule has 1 aromatic carbocycles. The summed E-state index contributed by atoms with van der Waals surface area (Å²) in [5.74, 6) is 1.58. The van der Waals surface area contributed by atoms with E-state index in [0.29, 0.717) is 12.6 Å². The van der Waals surface area contributed by atoms with Gasteiger partial charge in [-0.2, -0.15) is 0 Å². The lowest BCUT2D eigenvalue weighted by Gasteiger charge is -2.03. The number of aromatic nitrogens is 1. The predicted molar refractivity (Wildman–Crippen MR) is 79.3 cm³/mol. The van der Waals surface area contributed by atoms with Crippen LogP contribution in [0.1, 0.15) is 19.7 Å². The number of fused-ring (bicyclic) bond motifs is 1. The quantitative estimate of drug-likeness (QED) is 0.778. The average Bonchev–Trinajstić information content (AvgIpc) is 3.02. The Labute approximate surface area is 116 Å². The maximum atomic E-state index is 5.82. The van der Waals surface area contributed by atoms with E-state index in [0.717, 1.165) is 17.2 Å². The highest BCUT2D eigenvalue weighted by Gasteiger charge is 2.11. The zero-order valence-corrected chi connectivity index (χ0v) is 11.8. The molecule has 0 fully saturated rings. The normalized spacial score (nSPS) is 11.5. The van der Waals surface area contributed by atoms with Gasteiger partial charge < -0.3 is 9.73 Å². The van der Waals surface area contributed by atoms with Gasteiger partial charge >= 0.3 is 0 Å². The maximum absolute atomic E-state index is 5.82. The molecule has 3 rings (SSSR count). The van der Waals surface area contributed by atoms with E-state index < -0.39 is 0 Å². The van der Waals surface area contributed by atoms with Crippen molar-refractivity contribution < 1.29 is 4.42 Å². The average molecular weight is 272 g/mol. The van der Waals surface area contributed by atoms with Crippen LogP contribution in [-0.2, 0) is 6.54 Å². The Balaban J connectivity index is 1.90. The van der Waals surface area contributed by atoms with Crippen molar-refractivity contribution in [3.8, 4) is 11.3 Å². The SMILES string of the molecule is CC(C)NCc1ncc(-c2csc3ccccc23)o1. The molecule has 1 N–H and O–H groups in total. The molecule has 0 aliphatic heterocycles. The summed E-state index contributed by atoms with van der Waals surface area (Å²) >= 11 is 1.73. The highest BCUT2D eigenvalue weighted by molar-refractivity contribution is 7.17. The summed E-state index contributed by atoms with van der Waals surface area (Å²) in [6.45, 7) is 4.88. The lowest BCUT2D eigenvalue weighted by Crippen LogP contribution is -2.21. The molecule has 3 aromatic rings. The van der Waals surface area contributed by atoms with Gasteiger partial charge in [0.15, 0.2) is 5.76 Å². The number of nitrogens with one attached hydrogen (secondary N) is 1. The fourth-order valence-electron chi connectivity index (χ4n) is 1.98. The third kappa shape index (κ3) is 2.55. The van der Waals surface area contributed by atoms with Gasteiger partial charge in [-0.3, -0.25) is 0 Å². The van der Waals surface area contributed by atoms with Crippen LogP contribution in [0.3, 0.4) is 0 Å². The van der Waals surface area contributed by atoms with E-state index >= 15 is 0 Å². The van der Waals surface area contributed by atoms with Gasteiger partial charge in [0.05, 0.1) is 12.7 Å². The van der Waals surface area contributed by atoms with Crippen molar-refractivity contribution in [2.45, 2.75) is 26.4 Å². The molecule has 0 amide bonds. The summed E-state index contributed by atoms with van der Waals surface area (Å²) in [5.41, 5.74) is 1.13. The number of nitrogens with zero attached hydrogens (tertiary/aromatic N) is 1. The van der Waals surface area contributed by atoms with Crippen molar-refractivity contribution in [1.82, 2.24) is 10.3 Å². The Bertz CT molecular complexity index is 684. The Morgan fingerprint density at radius 1 is 1.32 bits per heavy atom. The largest absolute Gasteiger partial charge is 0.439 e. The van der Waals surface area contributed by atoms with Crippen molar-refractivity contribution in [3.05, 3.63) is 41.7 Å². The van der Waals surface area contributed by atoms with Crippen LogP contribution in [0.2, 0.25) is 0 Å². The molecule has 0 aliphatic rings. The van der Waals surface area contributed by atoms with Crippen molar-refractivity contribution in [2.75, 3.05) is 0 Å². The monoisotopic (exact) mass is 272 g/mol. The highest BCUT2D eigenvalue weighted by Crippen LogP contribution is 2.33. The number of hydrogen-bond donors (Lipinski definition) is 1. The van der Waals surface area contributed by atoms with Crippen molar-refractivity contribution in [3.63, 3.8) is 0 Å². The fourth-order valence-corrected chi connectivity index (χ4v) is 2.93. The zero-order chi connectivity index (χ0) is 13.2. The lowest BCUT2D eigenvalue weighted by atomic mass is 10.1. The standard InChI is InChI=1S/C15H16N2OS/c1-10(2)16-8-15-17-7-13(18-15)12-9-19-14-6-4-3-5-11(12)14/h3-7,9-10,16H,8H2,1-2H3. The molecule has 0 bridgehead atoms. The van der Waals surface area contributed by atoms with Crippen LogP contribution in [-0.4, -0.2) is 11.0 Å².